The summed E-state index contributed by atoms with van der Waals surface area (Å²) < 4.78 is 2.63. The molecule has 0 aliphatic carbocycles. The molecule has 0 atom stereocenters. The lowest BCUT2D eigenvalue weighted by Gasteiger charge is -2.28. The summed E-state index contributed by atoms with van der Waals surface area (Å²) in [5.41, 5.74) is 15.4. The lowest BCUT2D eigenvalue weighted by atomic mass is 9.91. The van der Waals surface area contributed by atoms with Crippen LogP contribution in [0.4, 0.5) is 17.1 Å². The molecule has 0 fully saturated rings. The van der Waals surface area contributed by atoms with E-state index in [0.717, 1.165) is 17.1 Å². The van der Waals surface area contributed by atoms with E-state index in [2.05, 4.69) is 241 Å². The standard InChI is InChI=1S/C58H39NS/c1-3-13-40(14-4-1)42-23-25-43(26-24-42)44-29-33-49(34-30-44)59(55-21-11-9-19-51(55)45-16-5-2-6-17-45)50-35-31-46(32-36-50)52-37-38-54-53-20-10-12-22-56(53)60-58(54)57(52)48-28-27-41-15-7-8-18-47(41)39-48/h1-39H. The molecule has 2 heteroatoms. The summed E-state index contributed by atoms with van der Waals surface area (Å²) in [7, 11) is 0. The van der Waals surface area contributed by atoms with Crippen molar-refractivity contribution in [1.82, 2.24) is 0 Å². The first-order chi connectivity index (χ1) is 29.7. The third-order valence-electron chi connectivity index (χ3n) is 11.7. The Hall–Kier alpha value is -7.52. The summed E-state index contributed by atoms with van der Waals surface area (Å²) in [5.74, 6) is 0. The molecule has 0 spiro atoms. The molecule has 0 unspecified atom stereocenters. The van der Waals surface area contributed by atoms with Crippen LogP contribution >= 0.6 is 11.3 Å². The number of thiophene rings is 1. The molecule has 0 radical (unpaired) electrons. The minimum absolute atomic E-state index is 1.09. The molecular weight excluding hydrogens is 743 g/mol. The largest absolute Gasteiger partial charge is 0.310 e. The van der Waals surface area contributed by atoms with Crippen molar-refractivity contribution in [3.63, 3.8) is 0 Å². The summed E-state index contributed by atoms with van der Waals surface area (Å²) >= 11 is 1.89. The van der Waals surface area contributed by atoms with Gasteiger partial charge in [-0.25, -0.2) is 0 Å². The molecule has 0 saturated heterocycles. The summed E-state index contributed by atoms with van der Waals surface area (Å²) in [4.78, 5) is 2.40. The van der Waals surface area contributed by atoms with Crippen LogP contribution in [0.15, 0.2) is 237 Å². The second-order valence-corrected chi connectivity index (χ2v) is 16.3. The van der Waals surface area contributed by atoms with Crippen molar-refractivity contribution in [1.29, 1.82) is 0 Å². The molecule has 0 N–H and O–H groups in total. The number of hydrogen-bond acceptors (Lipinski definition) is 2. The molecule has 282 valence electrons. The van der Waals surface area contributed by atoms with Crippen LogP contribution in [0.25, 0.3) is 86.6 Å². The summed E-state index contributed by atoms with van der Waals surface area (Å²) in [6.07, 6.45) is 0. The molecule has 1 nitrogen and oxygen atoms in total. The van der Waals surface area contributed by atoms with Crippen LogP contribution in [0.2, 0.25) is 0 Å². The number of rotatable bonds is 8. The van der Waals surface area contributed by atoms with Crippen LogP contribution in [-0.4, -0.2) is 0 Å². The van der Waals surface area contributed by atoms with E-state index >= 15 is 0 Å². The van der Waals surface area contributed by atoms with Gasteiger partial charge in [0.2, 0.25) is 0 Å². The first-order valence-corrected chi connectivity index (χ1v) is 21.3. The zero-order valence-electron chi connectivity index (χ0n) is 32.9. The zero-order chi connectivity index (χ0) is 39.8. The van der Waals surface area contributed by atoms with E-state index in [1.165, 1.54) is 86.6 Å². The fourth-order valence-corrected chi connectivity index (χ4v) is 9.97. The van der Waals surface area contributed by atoms with Gasteiger partial charge in [0, 0.05) is 42.7 Å². The topological polar surface area (TPSA) is 3.24 Å². The van der Waals surface area contributed by atoms with E-state index in [-0.39, 0.29) is 0 Å². The first kappa shape index (κ1) is 35.6. The van der Waals surface area contributed by atoms with Crippen LogP contribution < -0.4 is 4.90 Å². The molecule has 11 aromatic rings. The maximum atomic E-state index is 2.40. The lowest BCUT2D eigenvalue weighted by molar-refractivity contribution is 1.28. The van der Waals surface area contributed by atoms with Gasteiger partial charge in [0.25, 0.3) is 0 Å². The van der Waals surface area contributed by atoms with E-state index in [1.54, 1.807) is 0 Å². The highest BCUT2D eigenvalue weighted by molar-refractivity contribution is 7.26. The molecule has 60 heavy (non-hydrogen) atoms. The Balaban J connectivity index is 1.02. The van der Waals surface area contributed by atoms with Gasteiger partial charge in [-0.15, -0.1) is 11.3 Å². The predicted octanol–water partition coefficient (Wildman–Crippen LogP) is 17.0. The molecule has 0 aliphatic rings. The van der Waals surface area contributed by atoms with Crippen molar-refractivity contribution in [3.8, 4) is 55.6 Å². The Kier molecular flexibility index (Phi) is 9.11. The van der Waals surface area contributed by atoms with Crippen LogP contribution in [0, 0.1) is 0 Å². The monoisotopic (exact) mass is 781 g/mol. The highest BCUT2D eigenvalue weighted by Gasteiger charge is 2.20. The highest BCUT2D eigenvalue weighted by Crippen LogP contribution is 2.47. The normalized spacial score (nSPS) is 11.3. The molecule has 0 bridgehead atoms. The number of fused-ring (bicyclic) bond motifs is 4. The number of para-hydroxylation sites is 1. The number of hydrogen-bond donors (Lipinski definition) is 0. The number of anilines is 3. The van der Waals surface area contributed by atoms with E-state index in [4.69, 9.17) is 0 Å². The summed E-state index contributed by atoms with van der Waals surface area (Å²) in [6.45, 7) is 0. The predicted molar refractivity (Wildman–Crippen MR) is 259 cm³/mol. The second kappa shape index (κ2) is 15.3. The van der Waals surface area contributed by atoms with Gasteiger partial charge in [0.15, 0.2) is 0 Å². The van der Waals surface area contributed by atoms with Gasteiger partial charge < -0.3 is 4.90 Å². The van der Waals surface area contributed by atoms with Gasteiger partial charge in [-0.05, 0) is 97.7 Å². The Labute approximate surface area is 354 Å². The Morgan fingerprint density at radius 1 is 0.300 bits per heavy atom. The molecular formula is C58H39NS. The number of benzene rings is 10. The quantitative estimate of drug-likeness (QED) is 0.148. The smallest absolute Gasteiger partial charge is 0.0540 e. The fourth-order valence-electron chi connectivity index (χ4n) is 8.70. The average molecular weight is 782 g/mol. The Bertz CT molecular complexity index is 3270. The fraction of sp³-hybridized carbons (Fsp3) is 0. The molecule has 0 amide bonds. The highest BCUT2D eigenvalue weighted by atomic mass is 32.1. The Morgan fingerprint density at radius 2 is 0.800 bits per heavy atom. The van der Waals surface area contributed by atoms with Crippen molar-refractivity contribution >= 4 is 59.3 Å². The molecule has 11 rings (SSSR count). The average Bonchev–Trinajstić information content (AvgIpc) is 3.71. The van der Waals surface area contributed by atoms with Gasteiger partial charge in [-0.3, -0.25) is 0 Å². The van der Waals surface area contributed by atoms with E-state index < -0.39 is 0 Å². The van der Waals surface area contributed by atoms with Crippen molar-refractivity contribution in [2.75, 3.05) is 4.90 Å². The van der Waals surface area contributed by atoms with Gasteiger partial charge in [0.1, 0.15) is 0 Å². The van der Waals surface area contributed by atoms with Crippen LogP contribution in [0.1, 0.15) is 0 Å². The van der Waals surface area contributed by atoms with Crippen LogP contribution in [-0.2, 0) is 0 Å². The molecule has 0 saturated carbocycles. The molecule has 10 aromatic carbocycles. The van der Waals surface area contributed by atoms with E-state index in [0.29, 0.717) is 0 Å². The van der Waals surface area contributed by atoms with Gasteiger partial charge >= 0.3 is 0 Å². The van der Waals surface area contributed by atoms with Crippen LogP contribution in [0.5, 0.6) is 0 Å². The molecule has 1 aromatic heterocycles. The number of nitrogens with zero attached hydrogens (tertiary/aromatic N) is 1. The minimum atomic E-state index is 1.09. The van der Waals surface area contributed by atoms with Crippen molar-refractivity contribution in [2.45, 2.75) is 0 Å². The minimum Gasteiger partial charge on any atom is -0.310 e. The molecule has 0 aliphatic heterocycles. The van der Waals surface area contributed by atoms with Crippen molar-refractivity contribution in [3.05, 3.63) is 237 Å². The van der Waals surface area contributed by atoms with Crippen molar-refractivity contribution < 1.29 is 0 Å². The lowest BCUT2D eigenvalue weighted by Crippen LogP contribution is -2.11. The van der Waals surface area contributed by atoms with Gasteiger partial charge in [-0.2, -0.15) is 0 Å². The van der Waals surface area contributed by atoms with Gasteiger partial charge in [-0.1, -0.05) is 194 Å². The summed E-state index contributed by atoms with van der Waals surface area (Å²) in [5, 5.41) is 5.11. The van der Waals surface area contributed by atoms with Crippen molar-refractivity contribution in [2.24, 2.45) is 0 Å². The maximum Gasteiger partial charge on any atom is 0.0540 e. The second-order valence-electron chi connectivity index (χ2n) is 15.3. The summed E-state index contributed by atoms with van der Waals surface area (Å²) in [6, 6.07) is 86.0. The first-order valence-electron chi connectivity index (χ1n) is 20.5. The van der Waals surface area contributed by atoms with E-state index in [9.17, 15) is 0 Å². The third kappa shape index (κ3) is 6.54. The Morgan fingerprint density at radius 3 is 1.50 bits per heavy atom. The van der Waals surface area contributed by atoms with Gasteiger partial charge in [0.05, 0.1) is 5.69 Å². The third-order valence-corrected chi connectivity index (χ3v) is 12.9. The van der Waals surface area contributed by atoms with E-state index in [1.807, 2.05) is 11.3 Å². The SMILES string of the molecule is c1ccc(-c2ccc(-c3ccc(N(c4ccc(-c5ccc6c(sc7ccccc76)c5-c5ccc6ccccc6c5)cc4)c4ccccc4-c4ccccc4)cc3)cc2)cc1. The zero-order valence-corrected chi connectivity index (χ0v) is 33.7. The van der Waals surface area contributed by atoms with Crippen LogP contribution in [0.3, 0.4) is 0 Å². The molecule has 1 heterocycles. The maximum absolute atomic E-state index is 2.40.